The first kappa shape index (κ1) is 14.7. The third-order valence-corrected chi connectivity index (χ3v) is 4.60. The van der Waals surface area contributed by atoms with Gasteiger partial charge >= 0.3 is 0 Å². The largest absolute Gasteiger partial charge is 0.310 e. The molecule has 4 nitrogen and oxygen atoms in total. The van der Waals surface area contributed by atoms with Crippen molar-refractivity contribution in [1.29, 1.82) is 0 Å². The summed E-state index contributed by atoms with van der Waals surface area (Å²) in [6, 6.07) is 5.06. The lowest BCUT2D eigenvalue weighted by molar-refractivity contribution is -0.116. The molecule has 0 N–H and O–H groups in total. The van der Waals surface area contributed by atoms with Gasteiger partial charge in [0.15, 0.2) is 5.78 Å². The van der Waals surface area contributed by atoms with Crippen LogP contribution >= 0.6 is 0 Å². The summed E-state index contributed by atoms with van der Waals surface area (Å²) in [7, 11) is -1.32. The van der Waals surface area contributed by atoms with Gasteiger partial charge < -0.3 is 4.90 Å². The third-order valence-electron chi connectivity index (χ3n) is 3.25. The number of carbonyl (C=O) groups is 2. The van der Waals surface area contributed by atoms with Crippen molar-refractivity contribution in [3.8, 4) is 0 Å². The molecule has 1 aliphatic rings. The fourth-order valence-corrected chi connectivity index (χ4v) is 3.32. The van der Waals surface area contributed by atoms with E-state index in [1.165, 1.54) is 0 Å². The predicted octanol–water partition coefficient (Wildman–Crippen LogP) is 2.31. The molecule has 0 aromatic heterocycles. The fourth-order valence-electron chi connectivity index (χ4n) is 2.17. The number of hydrogen-bond donors (Lipinski definition) is 0. The highest BCUT2D eigenvalue weighted by Gasteiger charge is 2.29. The minimum absolute atomic E-state index is 0.00517. The van der Waals surface area contributed by atoms with E-state index in [1.807, 2.05) is 0 Å². The third kappa shape index (κ3) is 2.72. The van der Waals surface area contributed by atoms with E-state index in [-0.39, 0.29) is 17.4 Å². The maximum absolute atomic E-state index is 12.0. The smallest absolute Gasteiger partial charge is 0.240 e. The summed E-state index contributed by atoms with van der Waals surface area (Å²) < 4.78 is 12.0. The maximum atomic E-state index is 12.0. The summed E-state index contributed by atoms with van der Waals surface area (Å²) in [4.78, 5) is 26.1. The van der Waals surface area contributed by atoms with Gasteiger partial charge in [-0.3, -0.25) is 13.8 Å². The first-order valence-corrected chi connectivity index (χ1v) is 7.87. The van der Waals surface area contributed by atoms with E-state index in [0.29, 0.717) is 35.5 Å². The molecule has 0 spiro atoms. The Bertz CT molecular complexity index is 595. The molecule has 1 aromatic carbocycles. The number of hydrogen-bond acceptors (Lipinski definition) is 3. The second kappa shape index (κ2) is 6.13. The Kier molecular flexibility index (Phi) is 4.49. The predicted molar refractivity (Wildman–Crippen MR) is 79.5 cm³/mol. The minimum atomic E-state index is -1.32. The monoisotopic (exact) mass is 291 g/mol. The second-order valence-electron chi connectivity index (χ2n) is 4.57. The van der Waals surface area contributed by atoms with Crippen LogP contribution in [0.1, 0.15) is 30.1 Å². The average Bonchev–Trinajstić information content (AvgIpc) is 2.45. The number of Topliss-reactive ketones (excluding diaryl/α,β-unsaturated/α-hetero) is 1. The molecule has 0 fully saturated rings. The number of amides is 1. The summed E-state index contributed by atoms with van der Waals surface area (Å²) in [5.41, 5.74) is 1.15. The zero-order valence-corrected chi connectivity index (χ0v) is 12.2. The van der Waals surface area contributed by atoms with Crippen molar-refractivity contribution in [2.24, 2.45) is 0 Å². The molecule has 0 saturated carbocycles. The summed E-state index contributed by atoms with van der Waals surface area (Å²) in [5, 5.41) is 0. The topological polar surface area (TPSA) is 54.5 Å². The summed E-state index contributed by atoms with van der Waals surface area (Å²) in [6.45, 7) is 5.94. The van der Waals surface area contributed by atoms with E-state index in [0.717, 1.165) is 0 Å². The lowest BCUT2D eigenvalue weighted by Crippen LogP contribution is -2.39. The van der Waals surface area contributed by atoms with Crippen LogP contribution in [-0.4, -0.2) is 28.2 Å². The van der Waals surface area contributed by atoms with Crippen LogP contribution in [0.3, 0.4) is 0 Å². The quantitative estimate of drug-likeness (QED) is 0.618. The van der Waals surface area contributed by atoms with Crippen LogP contribution in [0.5, 0.6) is 0 Å². The van der Waals surface area contributed by atoms with Crippen LogP contribution in [0.2, 0.25) is 0 Å². The lowest BCUT2D eigenvalue weighted by atomic mass is 10.1. The molecule has 1 amide bonds. The molecular weight excluding hydrogens is 274 g/mol. The highest BCUT2D eigenvalue weighted by molar-refractivity contribution is 7.86. The number of fused-ring (bicyclic) bond motifs is 1. The number of carbonyl (C=O) groups excluding carboxylic acids is 2. The molecule has 1 aromatic rings. The Morgan fingerprint density at radius 1 is 1.50 bits per heavy atom. The average molecular weight is 291 g/mol. The van der Waals surface area contributed by atoms with Gasteiger partial charge in [0.25, 0.3) is 0 Å². The molecule has 0 aliphatic carbocycles. The van der Waals surface area contributed by atoms with E-state index in [4.69, 9.17) is 0 Å². The van der Waals surface area contributed by atoms with Crippen LogP contribution in [0, 0.1) is 0 Å². The van der Waals surface area contributed by atoms with Crippen molar-refractivity contribution < 1.29 is 13.8 Å². The van der Waals surface area contributed by atoms with Crippen molar-refractivity contribution in [3.05, 3.63) is 36.4 Å². The zero-order valence-electron chi connectivity index (χ0n) is 11.4. The first-order chi connectivity index (χ1) is 9.58. The standard InChI is InChI=1S/C15H17NO3S/c1-3-5-8-16-12-9-11(13(17)4-2)6-7-14(12)20(19)10-15(16)18/h3,6-7,9H,1,4-5,8,10H2,2H3. The number of anilines is 1. The van der Waals surface area contributed by atoms with E-state index in [1.54, 1.807) is 36.1 Å². The molecule has 1 aliphatic heterocycles. The number of ketones is 1. The number of benzene rings is 1. The van der Waals surface area contributed by atoms with Gasteiger partial charge in [0.05, 0.1) is 21.4 Å². The molecule has 1 heterocycles. The Labute approximate surface area is 120 Å². The van der Waals surface area contributed by atoms with Crippen LogP contribution in [0.4, 0.5) is 5.69 Å². The highest BCUT2D eigenvalue weighted by Crippen LogP contribution is 2.30. The van der Waals surface area contributed by atoms with Gasteiger partial charge in [-0.15, -0.1) is 6.58 Å². The lowest BCUT2D eigenvalue weighted by Gasteiger charge is -2.29. The molecule has 20 heavy (non-hydrogen) atoms. The molecule has 0 saturated heterocycles. The van der Waals surface area contributed by atoms with Gasteiger partial charge in [0.1, 0.15) is 5.75 Å². The Morgan fingerprint density at radius 3 is 2.90 bits per heavy atom. The first-order valence-electron chi connectivity index (χ1n) is 6.55. The Hall–Kier alpha value is -1.75. The van der Waals surface area contributed by atoms with Crippen LogP contribution < -0.4 is 4.90 Å². The van der Waals surface area contributed by atoms with E-state index in [9.17, 15) is 13.8 Å². The van der Waals surface area contributed by atoms with Crippen LogP contribution in [0.15, 0.2) is 35.7 Å². The maximum Gasteiger partial charge on any atom is 0.240 e. The van der Waals surface area contributed by atoms with E-state index in [2.05, 4.69) is 6.58 Å². The minimum Gasteiger partial charge on any atom is -0.310 e. The number of nitrogens with zero attached hydrogens (tertiary/aromatic N) is 1. The van der Waals surface area contributed by atoms with E-state index < -0.39 is 10.8 Å². The van der Waals surface area contributed by atoms with Gasteiger partial charge in [0.2, 0.25) is 5.91 Å². The van der Waals surface area contributed by atoms with Gasteiger partial charge in [-0.2, -0.15) is 0 Å². The Morgan fingerprint density at radius 2 is 2.25 bits per heavy atom. The molecular formula is C15H17NO3S. The molecule has 2 rings (SSSR count). The van der Waals surface area contributed by atoms with Gasteiger partial charge in [0, 0.05) is 18.5 Å². The molecule has 106 valence electrons. The van der Waals surface area contributed by atoms with Crippen molar-refractivity contribution in [3.63, 3.8) is 0 Å². The second-order valence-corrected chi connectivity index (χ2v) is 5.99. The van der Waals surface area contributed by atoms with Crippen molar-refractivity contribution in [2.45, 2.75) is 24.7 Å². The van der Waals surface area contributed by atoms with Crippen LogP contribution in [-0.2, 0) is 15.6 Å². The molecule has 0 bridgehead atoms. The fraction of sp³-hybridized carbons (Fsp3) is 0.333. The zero-order chi connectivity index (χ0) is 14.7. The van der Waals surface area contributed by atoms with Crippen molar-refractivity contribution in [1.82, 2.24) is 0 Å². The van der Waals surface area contributed by atoms with Crippen molar-refractivity contribution >= 4 is 28.2 Å². The van der Waals surface area contributed by atoms with E-state index >= 15 is 0 Å². The molecule has 1 unspecified atom stereocenters. The summed E-state index contributed by atoms with van der Waals surface area (Å²) in [5.74, 6) is -0.148. The van der Waals surface area contributed by atoms with Gasteiger partial charge in [-0.05, 0) is 18.6 Å². The summed E-state index contributed by atoms with van der Waals surface area (Å²) in [6.07, 6.45) is 2.80. The molecule has 1 atom stereocenters. The normalized spacial score (nSPS) is 17.8. The Balaban J connectivity index is 2.47. The summed E-state index contributed by atoms with van der Waals surface area (Å²) >= 11 is 0. The van der Waals surface area contributed by atoms with Gasteiger partial charge in [-0.25, -0.2) is 0 Å². The van der Waals surface area contributed by atoms with Crippen LogP contribution in [0.25, 0.3) is 0 Å². The number of rotatable bonds is 5. The van der Waals surface area contributed by atoms with Gasteiger partial charge in [-0.1, -0.05) is 19.1 Å². The molecule has 0 radical (unpaired) electrons. The SMILES string of the molecule is C=CCCN1C(=O)CS(=O)c2ccc(C(=O)CC)cc21. The van der Waals surface area contributed by atoms with Crippen molar-refractivity contribution in [2.75, 3.05) is 17.2 Å². The molecule has 5 heteroatoms. The highest BCUT2D eigenvalue weighted by atomic mass is 32.2.